The molecule has 2 N–H and O–H groups in total. The number of methoxy groups -OCH3 is 1. The van der Waals surface area contributed by atoms with Crippen LogP contribution in [0.2, 0.25) is 0 Å². The third-order valence-corrected chi connectivity index (χ3v) is 10.4. The number of aliphatic carboxylic acids is 1. The summed E-state index contributed by atoms with van der Waals surface area (Å²) in [5.41, 5.74) is 0.427. The van der Waals surface area contributed by atoms with Crippen LogP contribution >= 0.6 is 0 Å². The monoisotopic (exact) mass is 683 g/mol. The summed E-state index contributed by atoms with van der Waals surface area (Å²) in [6.07, 6.45) is -1.67. The number of aliphatic hydroxyl groups is 1. The van der Waals surface area contributed by atoms with Crippen molar-refractivity contribution in [3.05, 3.63) is 107 Å². The largest absolute Gasteiger partial charge is 0.493 e. The number of carbonyl (C=O) groups is 4. The zero-order valence-corrected chi connectivity index (χ0v) is 27.6. The first-order valence-electron chi connectivity index (χ1n) is 16.5. The smallest absolute Gasteiger partial charge is 0.353 e. The lowest BCUT2D eigenvalue weighted by Gasteiger charge is -2.61. The van der Waals surface area contributed by atoms with E-state index in [1.165, 1.54) is 12.1 Å². The molecule has 0 amide bonds. The zero-order valence-electron chi connectivity index (χ0n) is 27.6. The second kappa shape index (κ2) is 12.9. The Morgan fingerprint density at radius 3 is 2.24 bits per heavy atom. The summed E-state index contributed by atoms with van der Waals surface area (Å²) >= 11 is 0. The molecule has 260 valence electrons. The molecule has 3 aromatic carbocycles. The third kappa shape index (κ3) is 5.39. The number of benzene rings is 3. The van der Waals surface area contributed by atoms with Gasteiger partial charge in [0, 0.05) is 29.2 Å². The van der Waals surface area contributed by atoms with E-state index in [2.05, 4.69) is 4.90 Å². The van der Waals surface area contributed by atoms with E-state index in [4.69, 9.17) is 23.7 Å². The first-order chi connectivity index (χ1) is 24.1. The summed E-state index contributed by atoms with van der Waals surface area (Å²) < 4.78 is 28.8. The average Bonchev–Trinajstić information content (AvgIpc) is 3.48. The van der Waals surface area contributed by atoms with Gasteiger partial charge < -0.3 is 38.8 Å². The fraction of sp³-hybridized carbons (Fsp3) is 0.368. The van der Waals surface area contributed by atoms with E-state index in [0.29, 0.717) is 30.9 Å². The average molecular weight is 684 g/mol. The fourth-order valence-corrected chi connectivity index (χ4v) is 8.11. The zero-order chi connectivity index (χ0) is 35.2. The number of nitrogens with zero attached hydrogens (tertiary/aromatic N) is 1. The highest BCUT2D eigenvalue weighted by Crippen LogP contribution is 2.65. The molecule has 2 aliphatic heterocycles. The molecular formula is C38H37NO11. The minimum atomic E-state index is -1.63. The molecule has 2 bridgehead atoms. The van der Waals surface area contributed by atoms with Crippen LogP contribution in [0.3, 0.4) is 0 Å². The molecule has 0 unspecified atom stereocenters. The minimum absolute atomic E-state index is 0.166. The molecule has 1 spiro atoms. The standard InChI is InChI=1S/C38H37NO11/c1-39-20-19-37-30-24-13-14-25(46-2)33(30)49-34(37)26(17-18-38(37,45)27(39)21-24)47-28(40)15-16-29(41)48-32(23-11-7-4-8-12-23)36(44)50-31(35(42)43)22-9-5-3-6-10-22/h3-14,17,27,31-32,34,45H,15-16,18-21H2,1-2H3,(H,42,43)/t27-,31-,32-,34-,37-,38+/m0/s1. The quantitative estimate of drug-likeness (QED) is 0.222. The topological polar surface area (TPSA) is 158 Å². The molecule has 12 nitrogen and oxygen atoms in total. The van der Waals surface area contributed by atoms with Crippen LogP contribution in [-0.2, 0) is 45.2 Å². The molecule has 4 aliphatic rings. The van der Waals surface area contributed by atoms with Gasteiger partial charge in [-0.1, -0.05) is 66.7 Å². The lowest BCUT2D eigenvalue weighted by molar-refractivity contribution is -0.178. The Hall–Kier alpha value is -5.20. The lowest BCUT2D eigenvalue weighted by atomic mass is 9.50. The maximum absolute atomic E-state index is 13.3. The van der Waals surface area contributed by atoms with Gasteiger partial charge in [0.05, 0.1) is 31.0 Å². The normalized spacial score (nSPS) is 25.5. The number of carbonyl (C=O) groups excluding carboxylic acids is 3. The van der Waals surface area contributed by atoms with Gasteiger partial charge in [0.25, 0.3) is 0 Å². The summed E-state index contributed by atoms with van der Waals surface area (Å²) in [5.74, 6) is -2.77. The van der Waals surface area contributed by atoms with Crippen molar-refractivity contribution in [2.75, 3.05) is 20.7 Å². The van der Waals surface area contributed by atoms with E-state index < -0.39 is 59.6 Å². The number of rotatable bonds is 11. The predicted octanol–water partition coefficient (Wildman–Crippen LogP) is 3.95. The van der Waals surface area contributed by atoms with E-state index in [9.17, 15) is 29.4 Å². The van der Waals surface area contributed by atoms with Crippen molar-refractivity contribution in [2.45, 2.75) is 67.5 Å². The number of esters is 3. The molecule has 3 aromatic rings. The van der Waals surface area contributed by atoms with E-state index in [1.807, 2.05) is 19.2 Å². The summed E-state index contributed by atoms with van der Waals surface area (Å²) in [5, 5.41) is 22.1. The maximum Gasteiger partial charge on any atom is 0.353 e. The van der Waals surface area contributed by atoms with Crippen LogP contribution in [0.15, 0.2) is 84.6 Å². The van der Waals surface area contributed by atoms with Crippen LogP contribution in [0.25, 0.3) is 0 Å². The first kappa shape index (κ1) is 33.3. The van der Waals surface area contributed by atoms with Gasteiger partial charge in [-0.3, -0.25) is 9.59 Å². The van der Waals surface area contributed by atoms with Crippen LogP contribution in [0, 0.1) is 0 Å². The van der Waals surface area contributed by atoms with Crippen molar-refractivity contribution in [2.24, 2.45) is 0 Å². The van der Waals surface area contributed by atoms with Crippen LogP contribution in [0.5, 0.6) is 11.5 Å². The number of likely N-dealkylation sites (N-methyl/N-ethyl adjacent to an activating group) is 1. The lowest BCUT2D eigenvalue weighted by Crippen LogP contribution is -2.74. The van der Waals surface area contributed by atoms with Gasteiger partial charge in [-0.05, 0) is 44.1 Å². The van der Waals surface area contributed by atoms with Crippen molar-refractivity contribution in [1.82, 2.24) is 4.90 Å². The number of piperidine rings is 1. The Labute approximate surface area is 288 Å². The van der Waals surface area contributed by atoms with Crippen molar-refractivity contribution in [3.63, 3.8) is 0 Å². The van der Waals surface area contributed by atoms with E-state index in [0.717, 1.165) is 11.1 Å². The Morgan fingerprint density at radius 1 is 0.920 bits per heavy atom. The van der Waals surface area contributed by atoms with Gasteiger partial charge in [0.15, 0.2) is 17.6 Å². The Bertz CT molecular complexity index is 1860. The molecule has 7 rings (SSSR count). The molecule has 0 aromatic heterocycles. The number of likely N-dealkylation sites (tertiary alicyclic amines) is 1. The van der Waals surface area contributed by atoms with Crippen LogP contribution in [0.4, 0.5) is 0 Å². The van der Waals surface area contributed by atoms with Crippen molar-refractivity contribution < 1.29 is 53.1 Å². The van der Waals surface area contributed by atoms with Gasteiger partial charge in [0.1, 0.15) is 5.76 Å². The Kier molecular flexibility index (Phi) is 8.61. The van der Waals surface area contributed by atoms with Crippen LogP contribution in [0.1, 0.15) is 60.1 Å². The number of carboxylic acids is 1. The molecule has 0 radical (unpaired) electrons. The third-order valence-electron chi connectivity index (χ3n) is 10.4. The van der Waals surface area contributed by atoms with E-state index >= 15 is 0 Å². The number of hydrogen-bond acceptors (Lipinski definition) is 11. The minimum Gasteiger partial charge on any atom is -0.493 e. The number of ether oxygens (including phenoxy) is 5. The predicted molar refractivity (Wildman–Crippen MR) is 175 cm³/mol. The molecule has 1 saturated heterocycles. The van der Waals surface area contributed by atoms with E-state index in [1.54, 1.807) is 61.7 Å². The Morgan fingerprint density at radius 2 is 1.58 bits per heavy atom. The highest BCUT2D eigenvalue weighted by Gasteiger charge is 2.72. The van der Waals surface area contributed by atoms with Crippen molar-refractivity contribution >= 4 is 23.9 Å². The van der Waals surface area contributed by atoms with E-state index in [-0.39, 0.29) is 35.8 Å². The molecule has 50 heavy (non-hydrogen) atoms. The summed E-state index contributed by atoms with van der Waals surface area (Å²) in [6.45, 7) is 0.708. The maximum atomic E-state index is 13.3. The Balaban J connectivity index is 1.05. The van der Waals surface area contributed by atoms with Gasteiger partial charge in [-0.15, -0.1) is 0 Å². The fourth-order valence-electron chi connectivity index (χ4n) is 8.11. The summed E-state index contributed by atoms with van der Waals surface area (Å²) in [6, 6.07) is 19.7. The van der Waals surface area contributed by atoms with Gasteiger partial charge in [-0.2, -0.15) is 0 Å². The molecular weight excluding hydrogens is 646 g/mol. The highest BCUT2D eigenvalue weighted by atomic mass is 16.6. The van der Waals surface area contributed by atoms with Crippen molar-refractivity contribution in [1.29, 1.82) is 0 Å². The first-order valence-corrected chi connectivity index (χ1v) is 16.5. The van der Waals surface area contributed by atoms with Gasteiger partial charge >= 0.3 is 23.9 Å². The second-order valence-electron chi connectivity index (χ2n) is 13.1. The molecule has 2 aliphatic carbocycles. The van der Waals surface area contributed by atoms with Crippen LogP contribution in [-0.4, -0.2) is 77.4 Å². The van der Waals surface area contributed by atoms with Crippen molar-refractivity contribution in [3.8, 4) is 11.5 Å². The van der Waals surface area contributed by atoms with Crippen LogP contribution < -0.4 is 9.47 Å². The number of hydrogen-bond donors (Lipinski definition) is 2. The molecule has 12 heteroatoms. The SMILES string of the molecule is COc1ccc2c3c1O[C@H]1C(OC(=O)CCC(=O)O[C@H](C(=O)O[C@H](C(=O)O)c4ccccc4)c4ccccc4)=CC[C@@]4(O)[C@H](C2)N(C)CC[C@]314. The van der Waals surface area contributed by atoms with Gasteiger partial charge in [-0.25, -0.2) is 9.59 Å². The summed E-state index contributed by atoms with van der Waals surface area (Å²) in [4.78, 5) is 53.8. The molecule has 2 heterocycles. The summed E-state index contributed by atoms with van der Waals surface area (Å²) in [7, 11) is 3.56. The number of carboxylic acid groups (broad SMARTS) is 1. The molecule has 0 saturated carbocycles. The highest BCUT2D eigenvalue weighted by molar-refractivity contribution is 5.85. The molecule has 1 fully saturated rings. The molecule has 6 atom stereocenters. The second-order valence-corrected chi connectivity index (χ2v) is 13.1. The van der Waals surface area contributed by atoms with Gasteiger partial charge in [0.2, 0.25) is 12.2 Å².